The molecule has 1 aromatic carbocycles. The normalized spacial score (nSPS) is 10.2. The third-order valence-corrected chi connectivity index (χ3v) is 3.80. The van der Waals surface area contributed by atoms with Crippen LogP contribution in [0.2, 0.25) is 0 Å². The lowest BCUT2D eigenvalue weighted by molar-refractivity contribution is -0.140. The Morgan fingerprint density at radius 2 is 2.32 bits per heavy atom. The number of aryl methyl sites for hydroxylation is 1. The highest BCUT2D eigenvalue weighted by Gasteiger charge is 2.06. The molecule has 0 fully saturated rings. The monoisotopic (exact) mass is 318 g/mol. The van der Waals surface area contributed by atoms with E-state index in [-0.39, 0.29) is 11.9 Å². The summed E-state index contributed by atoms with van der Waals surface area (Å²) >= 11 is 1.40. The highest BCUT2D eigenvalue weighted by Crippen LogP contribution is 2.25. The molecule has 2 aromatic rings. The Bertz CT molecular complexity index is 669. The molecule has 1 aromatic heterocycles. The maximum atomic E-state index is 11.1. The van der Waals surface area contributed by atoms with Crippen molar-refractivity contribution in [2.24, 2.45) is 5.73 Å². The van der Waals surface area contributed by atoms with E-state index in [4.69, 9.17) is 11.1 Å². The van der Waals surface area contributed by atoms with Crippen LogP contribution in [-0.4, -0.2) is 24.0 Å². The number of benzene rings is 1. The van der Waals surface area contributed by atoms with Gasteiger partial charge in [-0.15, -0.1) is 11.3 Å². The van der Waals surface area contributed by atoms with Gasteiger partial charge in [0.1, 0.15) is 0 Å². The van der Waals surface area contributed by atoms with Crippen molar-refractivity contribution in [1.29, 1.82) is 5.41 Å². The molecule has 0 saturated carbocycles. The number of ether oxygens (including phenoxy) is 1. The number of anilines is 1. The van der Waals surface area contributed by atoms with E-state index in [0.717, 1.165) is 29.7 Å². The molecule has 116 valence electrons. The number of esters is 1. The largest absolute Gasteiger partial charge is 0.469 e. The molecular weight excluding hydrogens is 300 g/mol. The van der Waals surface area contributed by atoms with Crippen LogP contribution in [0, 0.1) is 5.41 Å². The minimum Gasteiger partial charge on any atom is -0.469 e. The minimum atomic E-state index is -0.185. The Kier molecular flexibility index (Phi) is 5.48. The number of aromatic nitrogens is 1. The predicted octanol–water partition coefficient (Wildman–Crippen LogP) is 2.61. The van der Waals surface area contributed by atoms with Gasteiger partial charge >= 0.3 is 5.97 Å². The van der Waals surface area contributed by atoms with E-state index in [9.17, 15) is 4.79 Å². The van der Waals surface area contributed by atoms with Gasteiger partial charge in [-0.3, -0.25) is 10.2 Å². The second-order valence-corrected chi connectivity index (χ2v) is 5.56. The number of carbonyl (C=O) groups excluding carboxylic acids is 1. The summed E-state index contributed by atoms with van der Waals surface area (Å²) in [5.74, 6) is -0.312. The van der Waals surface area contributed by atoms with Crippen molar-refractivity contribution in [3.63, 3.8) is 0 Å². The molecule has 0 spiro atoms. The highest BCUT2D eigenvalue weighted by molar-refractivity contribution is 7.14. The van der Waals surface area contributed by atoms with Gasteiger partial charge in [0.05, 0.1) is 12.8 Å². The number of thiazole rings is 1. The predicted molar refractivity (Wildman–Crippen MR) is 88.0 cm³/mol. The Labute approximate surface area is 132 Å². The first-order valence-corrected chi connectivity index (χ1v) is 7.69. The molecule has 0 saturated heterocycles. The van der Waals surface area contributed by atoms with Gasteiger partial charge in [0.15, 0.2) is 11.1 Å². The van der Waals surface area contributed by atoms with Gasteiger partial charge in [-0.2, -0.15) is 0 Å². The highest BCUT2D eigenvalue weighted by atomic mass is 32.1. The van der Waals surface area contributed by atoms with Crippen molar-refractivity contribution in [1.82, 2.24) is 4.98 Å². The summed E-state index contributed by atoms with van der Waals surface area (Å²) in [7, 11) is 1.40. The first-order chi connectivity index (χ1) is 10.6. The quantitative estimate of drug-likeness (QED) is 0.432. The van der Waals surface area contributed by atoms with E-state index in [0.29, 0.717) is 11.6 Å². The van der Waals surface area contributed by atoms with Crippen molar-refractivity contribution in [2.75, 3.05) is 12.4 Å². The van der Waals surface area contributed by atoms with Gasteiger partial charge in [0.2, 0.25) is 0 Å². The molecule has 0 radical (unpaired) electrons. The lowest BCUT2D eigenvalue weighted by Gasteiger charge is -2.04. The van der Waals surface area contributed by atoms with Gasteiger partial charge in [-0.1, -0.05) is 18.2 Å². The van der Waals surface area contributed by atoms with Crippen LogP contribution in [0.25, 0.3) is 11.3 Å². The summed E-state index contributed by atoms with van der Waals surface area (Å²) in [4.78, 5) is 15.5. The molecule has 2 rings (SSSR count). The molecule has 0 aliphatic rings. The Morgan fingerprint density at radius 3 is 3.05 bits per heavy atom. The summed E-state index contributed by atoms with van der Waals surface area (Å²) in [6, 6.07) is 8.04. The van der Waals surface area contributed by atoms with Crippen LogP contribution in [0.4, 0.5) is 5.13 Å². The zero-order valence-corrected chi connectivity index (χ0v) is 13.1. The molecule has 7 heteroatoms. The fourth-order valence-electron chi connectivity index (χ4n) is 2.00. The number of nitrogens with zero attached hydrogens (tertiary/aromatic N) is 1. The van der Waals surface area contributed by atoms with Gasteiger partial charge in [-0.25, -0.2) is 4.98 Å². The van der Waals surface area contributed by atoms with E-state index < -0.39 is 0 Å². The van der Waals surface area contributed by atoms with Crippen molar-refractivity contribution in [3.05, 3.63) is 35.2 Å². The van der Waals surface area contributed by atoms with E-state index in [1.807, 2.05) is 23.6 Å². The number of hydrogen-bond acceptors (Lipinski definition) is 5. The number of nitrogens with two attached hydrogens (primary N) is 1. The van der Waals surface area contributed by atoms with Crippen molar-refractivity contribution >= 4 is 28.4 Å². The molecule has 0 amide bonds. The second-order valence-electron chi connectivity index (χ2n) is 4.71. The zero-order valence-electron chi connectivity index (χ0n) is 12.3. The number of methoxy groups -OCH3 is 1. The Balaban J connectivity index is 2.03. The molecule has 0 aliphatic heterocycles. The van der Waals surface area contributed by atoms with Crippen molar-refractivity contribution in [2.45, 2.75) is 19.3 Å². The maximum absolute atomic E-state index is 11.1. The van der Waals surface area contributed by atoms with Crippen LogP contribution in [0.3, 0.4) is 0 Å². The van der Waals surface area contributed by atoms with E-state index in [1.54, 1.807) is 0 Å². The van der Waals surface area contributed by atoms with E-state index >= 15 is 0 Å². The first kappa shape index (κ1) is 16.0. The molecule has 6 nitrogen and oxygen atoms in total. The van der Waals surface area contributed by atoms with E-state index in [2.05, 4.69) is 21.1 Å². The smallest absolute Gasteiger partial charge is 0.305 e. The average molecular weight is 318 g/mol. The first-order valence-electron chi connectivity index (χ1n) is 6.81. The van der Waals surface area contributed by atoms with Gasteiger partial charge < -0.3 is 15.8 Å². The number of rotatable bonds is 6. The number of hydrogen-bond donors (Lipinski definition) is 3. The van der Waals surface area contributed by atoms with Crippen LogP contribution in [0.5, 0.6) is 0 Å². The number of carbonyl (C=O) groups is 1. The molecule has 1 heterocycles. The van der Waals surface area contributed by atoms with Crippen molar-refractivity contribution < 1.29 is 9.53 Å². The fourth-order valence-corrected chi connectivity index (χ4v) is 2.74. The lowest BCUT2D eigenvalue weighted by atomic mass is 10.0. The summed E-state index contributed by atoms with van der Waals surface area (Å²) in [6.07, 6.45) is 1.99. The van der Waals surface area contributed by atoms with Crippen LogP contribution >= 0.6 is 11.3 Å². The molecule has 0 aliphatic carbocycles. The third kappa shape index (κ3) is 4.56. The summed E-state index contributed by atoms with van der Waals surface area (Å²) in [5, 5.41) is 12.4. The molecule has 0 unspecified atom stereocenters. The van der Waals surface area contributed by atoms with Crippen LogP contribution in [0.1, 0.15) is 18.4 Å². The van der Waals surface area contributed by atoms with Gasteiger partial charge in [0.25, 0.3) is 0 Å². The van der Waals surface area contributed by atoms with Crippen LogP contribution < -0.4 is 11.1 Å². The number of guanidine groups is 1. The SMILES string of the molecule is COC(=O)CCCc1cccc(-c2csc(NC(=N)N)n2)c1. The van der Waals surface area contributed by atoms with Gasteiger partial charge in [-0.05, 0) is 24.5 Å². The summed E-state index contributed by atoms with van der Waals surface area (Å²) in [6.45, 7) is 0. The van der Waals surface area contributed by atoms with Crippen LogP contribution in [-0.2, 0) is 16.0 Å². The molecule has 0 atom stereocenters. The van der Waals surface area contributed by atoms with Crippen molar-refractivity contribution in [3.8, 4) is 11.3 Å². The van der Waals surface area contributed by atoms with Gasteiger partial charge in [0, 0.05) is 17.4 Å². The molecule has 22 heavy (non-hydrogen) atoms. The Hall–Kier alpha value is -2.41. The summed E-state index contributed by atoms with van der Waals surface area (Å²) in [5.41, 5.74) is 8.28. The lowest BCUT2D eigenvalue weighted by Crippen LogP contribution is -2.20. The van der Waals surface area contributed by atoms with Crippen LogP contribution in [0.15, 0.2) is 29.6 Å². The van der Waals surface area contributed by atoms with E-state index in [1.165, 1.54) is 18.4 Å². The standard InChI is InChI=1S/C15H18N4O2S/c1-21-13(20)7-3-5-10-4-2-6-11(8-10)12-9-22-15(18-12)19-14(16)17/h2,4,6,8-9H,3,5,7H2,1H3,(H4,16,17,18,19). The summed E-state index contributed by atoms with van der Waals surface area (Å²) < 4.78 is 4.63. The number of nitrogens with one attached hydrogen (secondary N) is 2. The topological polar surface area (TPSA) is 101 Å². The second kappa shape index (κ2) is 7.56. The average Bonchev–Trinajstić information content (AvgIpc) is 2.95. The molecular formula is C15H18N4O2S. The minimum absolute atomic E-state index is 0.127. The molecule has 4 N–H and O–H groups in total. The molecule has 0 bridgehead atoms. The maximum Gasteiger partial charge on any atom is 0.305 e. The fraction of sp³-hybridized carbons (Fsp3) is 0.267. The third-order valence-electron chi connectivity index (χ3n) is 3.04. The zero-order chi connectivity index (χ0) is 15.9. The Morgan fingerprint density at radius 1 is 1.50 bits per heavy atom.